The first kappa shape index (κ1) is 13.1. The highest BCUT2D eigenvalue weighted by Crippen LogP contribution is 2.35. The van der Waals surface area contributed by atoms with Crippen LogP contribution < -0.4 is 24.8 Å². The summed E-state index contributed by atoms with van der Waals surface area (Å²) in [6.45, 7) is -1.61. The van der Waals surface area contributed by atoms with Crippen molar-refractivity contribution in [3.05, 3.63) is 85.1 Å². The van der Waals surface area contributed by atoms with E-state index in [1.54, 1.807) is 0 Å². The van der Waals surface area contributed by atoms with Crippen LogP contribution in [-0.4, -0.2) is 6.48 Å². The van der Waals surface area contributed by atoms with Gasteiger partial charge in [-0.05, 0) is 47.3 Å². The Kier molecular flexibility index (Phi) is 2.31. The molecule has 0 bridgehead atoms. The lowest BCUT2D eigenvalue weighted by Gasteiger charge is -2.37. The van der Waals surface area contributed by atoms with Gasteiger partial charge in [-0.1, -0.05) is 42.5 Å². The third kappa shape index (κ3) is 1.50. The Labute approximate surface area is 145 Å². The highest BCUT2D eigenvalue weighted by molar-refractivity contribution is 6.93. The largest absolute Gasteiger partial charge is 0.647 e. The Morgan fingerprint density at radius 1 is 0.640 bits per heavy atom. The monoisotopic (exact) mass is 323 g/mol. The van der Waals surface area contributed by atoms with E-state index in [-0.39, 0.29) is 0 Å². The molecule has 0 unspecified atom stereocenters. The second-order valence-electron chi connectivity index (χ2n) is 6.65. The molecule has 0 N–H and O–H groups in total. The zero-order valence-corrected chi connectivity index (χ0v) is 13.4. The molecular weight excluding hydrogens is 309 g/mol. The maximum absolute atomic E-state index is 6.75. The van der Waals surface area contributed by atoms with E-state index in [2.05, 4.69) is 47.1 Å². The Morgan fingerprint density at radius 2 is 1.28 bits per heavy atom. The first-order valence-electron chi connectivity index (χ1n) is 8.52. The van der Waals surface area contributed by atoms with E-state index >= 15 is 0 Å². The van der Waals surface area contributed by atoms with Gasteiger partial charge in [0, 0.05) is 5.39 Å². The van der Waals surface area contributed by atoms with Gasteiger partial charge in [0.1, 0.15) is 23.4 Å². The lowest BCUT2D eigenvalue weighted by Crippen LogP contribution is -2.81. The normalized spacial score (nSPS) is 15.4. The van der Waals surface area contributed by atoms with Crippen LogP contribution in [0.25, 0.3) is 10.9 Å². The topological polar surface area (TPSA) is 22.3 Å². The maximum atomic E-state index is 6.75. The Balaban J connectivity index is 1.80. The molecule has 4 aromatic rings. The number of benzene rings is 3. The summed E-state index contributed by atoms with van der Waals surface area (Å²) < 4.78 is 15.2. The van der Waals surface area contributed by atoms with Crippen LogP contribution in [0.1, 0.15) is 0 Å². The summed E-state index contributed by atoms with van der Waals surface area (Å²) in [7, 11) is 0. The van der Waals surface area contributed by atoms with E-state index in [4.69, 9.17) is 9.39 Å². The smallest absolute Gasteiger partial charge is 0.521 e. The maximum Gasteiger partial charge on any atom is 0.521 e. The lowest BCUT2D eigenvalue weighted by molar-refractivity contribution is -0.515. The second kappa shape index (κ2) is 4.42. The highest BCUT2D eigenvalue weighted by atomic mass is 16.5. The van der Waals surface area contributed by atoms with Gasteiger partial charge in [-0.25, -0.2) is 0 Å². The number of hydrogen-bond acceptors (Lipinski definition) is 2. The van der Waals surface area contributed by atoms with Crippen molar-refractivity contribution in [3.63, 3.8) is 0 Å². The van der Waals surface area contributed by atoms with Gasteiger partial charge in [-0.2, -0.15) is 0 Å². The first-order valence-corrected chi connectivity index (χ1v) is 8.52. The van der Waals surface area contributed by atoms with E-state index in [0.717, 1.165) is 33.7 Å². The molecule has 3 nitrogen and oxygen atoms in total. The molecule has 0 atom stereocenters. The number of ether oxygens (including phenoxy) is 1. The standard InChI is InChI=1S/C21H14BNO2/c1-3-11-18-16(9-1)22(17-10-2-4-12-19(17)24-18)23-14-6-8-15-7-5-13-20(25-22)21(15)23/h1-14H. The van der Waals surface area contributed by atoms with Crippen LogP contribution in [0.4, 0.5) is 0 Å². The number of pyridine rings is 1. The minimum absolute atomic E-state index is 0.860. The van der Waals surface area contributed by atoms with Crippen LogP contribution in [0.15, 0.2) is 85.1 Å². The Hall–Kier alpha value is -3.27. The third-order valence-corrected chi connectivity index (χ3v) is 5.40. The number of hydrogen-bond donors (Lipinski definition) is 0. The summed E-state index contributed by atoms with van der Waals surface area (Å²) in [5.74, 6) is 2.64. The predicted octanol–water partition coefficient (Wildman–Crippen LogP) is 2.73. The van der Waals surface area contributed by atoms with E-state index in [1.165, 1.54) is 5.39 Å². The fraction of sp³-hybridized carbons (Fsp3) is 0. The van der Waals surface area contributed by atoms with Crippen molar-refractivity contribution >= 4 is 28.3 Å². The van der Waals surface area contributed by atoms with Gasteiger partial charge >= 0.3 is 6.48 Å². The molecule has 0 aliphatic carbocycles. The van der Waals surface area contributed by atoms with Crippen LogP contribution >= 0.6 is 0 Å². The van der Waals surface area contributed by atoms with Crippen molar-refractivity contribution in [3.8, 4) is 17.2 Å². The van der Waals surface area contributed by atoms with Crippen molar-refractivity contribution in [1.82, 2.24) is 0 Å². The molecule has 0 radical (unpaired) electrons. The molecule has 1 aromatic heterocycles. The average molecular weight is 323 g/mol. The molecule has 118 valence electrons. The molecular formula is C21H14BNO2. The number of aromatic nitrogens is 1. The number of fused-ring (bicyclic) bond motifs is 5. The second-order valence-corrected chi connectivity index (χ2v) is 6.65. The van der Waals surface area contributed by atoms with Gasteiger partial charge in [-0.3, -0.25) is 0 Å². The van der Waals surface area contributed by atoms with Gasteiger partial charge in [-0.15, -0.1) is 0 Å². The third-order valence-electron chi connectivity index (χ3n) is 5.40. The zero-order chi connectivity index (χ0) is 16.4. The van der Waals surface area contributed by atoms with Crippen molar-refractivity contribution in [2.24, 2.45) is 0 Å². The first-order chi connectivity index (χ1) is 12.4. The van der Waals surface area contributed by atoms with Gasteiger partial charge in [0.25, 0.3) is 0 Å². The molecule has 4 heteroatoms. The number of rotatable bonds is 0. The molecule has 1 spiro atoms. The Bertz CT molecular complexity index is 1120. The lowest BCUT2D eigenvalue weighted by atomic mass is 9.40. The van der Waals surface area contributed by atoms with Gasteiger partial charge in [0.2, 0.25) is 5.52 Å². The summed E-state index contributed by atoms with van der Waals surface area (Å²) in [5.41, 5.74) is 3.29. The highest BCUT2D eigenvalue weighted by Gasteiger charge is 2.55. The summed E-state index contributed by atoms with van der Waals surface area (Å²) in [6, 6.07) is 26.8. The average Bonchev–Trinajstić information content (AvgIpc) is 3.00. The van der Waals surface area contributed by atoms with Crippen molar-refractivity contribution in [1.29, 1.82) is 0 Å². The van der Waals surface area contributed by atoms with Crippen LogP contribution in [0.2, 0.25) is 0 Å². The molecule has 2 aliphatic heterocycles. The zero-order valence-electron chi connectivity index (χ0n) is 13.4. The van der Waals surface area contributed by atoms with Crippen LogP contribution in [-0.2, 0) is 0 Å². The van der Waals surface area contributed by atoms with Gasteiger partial charge in [0.15, 0.2) is 0 Å². The van der Waals surface area contributed by atoms with E-state index < -0.39 is 6.48 Å². The molecule has 0 amide bonds. The van der Waals surface area contributed by atoms with Crippen molar-refractivity contribution in [2.75, 3.05) is 0 Å². The van der Waals surface area contributed by atoms with Crippen LogP contribution in [0, 0.1) is 0 Å². The molecule has 0 saturated carbocycles. The summed E-state index contributed by atoms with van der Waals surface area (Å²) in [6.07, 6.45) is 2.12. The molecule has 25 heavy (non-hydrogen) atoms. The molecule has 6 rings (SSSR count). The molecule has 3 aromatic carbocycles. The summed E-state index contributed by atoms with van der Waals surface area (Å²) >= 11 is 0. The number of nitrogens with zero attached hydrogens (tertiary/aromatic N) is 1. The van der Waals surface area contributed by atoms with E-state index in [1.807, 2.05) is 42.5 Å². The molecule has 0 fully saturated rings. The molecule has 0 saturated heterocycles. The summed E-state index contributed by atoms with van der Waals surface area (Å²) in [5, 5.41) is 1.18. The fourth-order valence-electron chi connectivity index (χ4n) is 4.41. The Morgan fingerprint density at radius 3 is 2.04 bits per heavy atom. The van der Waals surface area contributed by atoms with Gasteiger partial charge in [0.05, 0.1) is 0 Å². The van der Waals surface area contributed by atoms with E-state index in [9.17, 15) is 0 Å². The van der Waals surface area contributed by atoms with Gasteiger partial charge < -0.3 is 13.9 Å². The molecule has 2 aliphatic rings. The van der Waals surface area contributed by atoms with Crippen LogP contribution in [0.5, 0.6) is 17.2 Å². The number of para-hydroxylation sites is 3. The minimum atomic E-state index is -1.61. The minimum Gasteiger partial charge on any atom is -0.647 e. The van der Waals surface area contributed by atoms with Crippen LogP contribution in [0.3, 0.4) is 0 Å². The summed E-state index contributed by atoms with van der Waals surface area (Å²) in [4.78, 5) is 0. The molecule has 3 heterocycles. The van der Waals surface area contributed by atoms with Crippen molar-refractivity contribution in [2.45, 2.75) is 0 Å². The van der Waals surface area contributed by atoms with Crippen molar-refractivity contribution < 1.29 is 13.9 Å². The predicted molar refractivity (Wildman–Crippen MR) is 98.1 cm³/mol. The fourth-order valence-corrected chi connectivity index (χ4v) is 4.41. The quantitative estimate of drug-likeness (QED) is 0.464. The van der Waals surface area contributed by atoms with E-state index in [0.29, 0.717) is 0 Å². The SMILES string of the molecule is c1ccc2c(c1)Oc1ccccc1[B-]21Oc2cccc3ccc[n+]1c23.